The number of ether oxygens (including phenoxy) is 1. The first-order valence-electron chi connectivity index (χ1n) is 13.2. The Labute approximate surface area is 225 Å². The Balaban J connectivity index is 1.16. The number of aliphatic hydroxyl groups excluding tert-OH is 1. The summed E-state index contributed by atoms with van der Waals surface area (Å²) in [5.41, 5.74) is 2.84. The molecule has 3 heterocycles. The number of amides is 3. The predicted molar refractivity (Wildman–Crippen MR) is 140 cm³/mol. The topological polar surface area (TPSA) is 164 Å². The lowest BCUT2D eigenvalue weighted by Crippen LogP contribution is -2.43. The summed E-state index contributed by atoms with van der Waals surface area (Å²) in [5.74, 6) is 0.423. The zero-order chi connectivity index (χ0) is 27.5. The fourth-order valence-electron chi connectivity index (χ4n) is 5.10. The predicted octanol–water partition coefficient (Wildman–Crippen LogP) is 1.59. The number of benzene rings is 1. The number of hydrogen-bond acceptors (Lipinski definition) is 9. The minimum absolute atomic E-state index is 0.0128. The third-order valence-corrected chi connectivity index (χ3v) is 7.21. The number of hydrogen-bond donors (Lipinski definition) is 4. The van der Waals surface area contributed by atoms with Gasteiger partial charge >= 0.3 is 0 Å². The first kappa shape index (κ1) is 26.5. The number of carbonyl (C=O) groups excluding carboxylic acids is 3. The molecule has 206 valence electrons. The quantitative estimate of drug-likeness (QED) is 0.414. The van der Waals surface area contributed by atoms with Gasteiger partial charge in [-0.3, -0.25) is 14.4 Å². The van der Waals surface area contributed by atoms with Crippen molar-refractivity contribution in [1.29, 1.82) is 0 Å². The van der Waals surface area contributed by atoms with Crippen LogP contribution in [0, 0.1) is 12.8 Å². The Hall–Kier alpha value is -4.06. The van der Waals surface area contributed by atoms with E-state index in [0.29, 0.717) is 41.0 Å². The van der Waals surface area contributed by atoms with Gasteiger partial charge in [0.1, 0.15) is 35.2 Å². The SMILES string of the molecule is Cc1nc(C(=O)NCc2ccc3c(c2)NC(=O)CO3)cc(C2=NOC(C3CCC(NC(=O)[C@H](C)O)CC3)C2)n1. The van der Waals surface area contributed by atoms with E-state index in [9.17, 15) is 19.5 Å². The van der Waals surface area contributed by atoms with Crippen molar-refractivity contribution in [2.45, 2.75) is 70.7 Å². The monoisotopic (exact) mass is 536 g/mol. The highest BCUT2D eigenvalue weighted by Gasteiger charge is 2.34. The van der Waals surface area contributed by atoms with E-state index in [4.69, 9.17) is 9.57 Å². The van der Waals surface area contributed by atoms with Crippen molar-refractivity contribution in [3.63, 3.8) is 0 Å². The van der Waals surface area contributed by atoms with Gasteiger partial charge in [0.25, 0.3) is 11.8 Å². The maximum absolute atomic E-state index is 12.9. The van der Waals surface area contributed by atoms with Crippen LogP contribution < -0.4 is 20.7 Å². The fourth-order valence-corrected chi connectivity index (χ4v) is 5.10. The van der Waals surface area contributed by atoms with Gasteiger partial charge in [-0.15, -0.1) is 0 Å². The number of anilines is 1. The highest BCUT2D eigenvalue weighted by atomic mass is 16.6. The van der Waals surface area contributed by atoms with Gasteiger partial charge in [0, 0.05) is 19.0 Å². The Bertz CT molecular complexity index is 1300. The molecule has 12 heteroatoms. The van der Waals surface area contributed by atoms with Crippen LogP contribution in [0.5, 0.6) is 5.75 Å². The number of aryl methyl sites for hydroxylation is 1. The normalized spacial score (nSPS) is 22.9. The number of aliphatic hydroxyl groups is 1. The number of carbonyl (C=O) groups is 3. The number of fused-ring (bicyclic) bond motifs is 1. The van der Waals surface area contributed by atoms with Gasteiger partial charge in [0.2, 0.25) is 5.91 Å². The minimum atomic E-state index is -1.01. The average Bonchev–Trinajstić information content (AvgIpc) is 3.42. The average molecular weight is 537 g/mol. The van der Waals surface area contributed by atoms with Gasteiger partial charge < -0.3 is 30.6 Å². The van der Waals surface area contributed by atoms with E-state index in [1.165, 1.54) is 6.92 Å². The molecule has 39 heavy (non-hydrogen) atoms. The summed E-state index contributed by atoms with van der Waals surface area (Å²) in [6.45, 7) is 3.42. The lowest BCUT2D eigenvalue weighted by molar-refractivity contribution is -0.129. The number of rotatable bonds is 7. The van der Waals surface area contributed by atoms with E-state index in [0.717, 1.165) is 31.2 Å². The second kappa shape index (κ2) is 11.4. The van der Waals surface area contributed by atoms with Crippen molar-refractivity contribution in [3.8, 4) is 5.75 Å². The molecule has 3 aliphatic rings. The van der Waals surface area contributed by atoms with Crippen molar-refractivity contribution in [1.82, 2.24) is 20.6 Å². The molecule has 5 rings (SSSR count). The lowest BCUT2D eigenvalue weighted by atomic mass is 9.81. The Morgan fingerprint density at radius 2 is 1.97 bits per heavy atom. The van der Waals surface area contributed by atoms with Gasteiger partial charge in [0.05, 0.1) is 11.4 Å². The maximum atomic E-state index is 12.9. The van der Waals surface area contributed by atoms with Crippen LogP contribution in [0.4, 0.5) is 5.69 Å². The summed E-state index contributed by atoms with van der Waals surface area (Å²) < 4.78 is 5.37. The summed E-state index contributed by atoms with van der Waals surface area (Å²) in [7, 11) is 0. The molecule has 1 unspecified atom stereocenters. The first-order chi connectivity index (χ1) is 18.7. The van der Waals surface area contributed by atoms with Crippen LogP contribution in [0.1, 0.15) is 66.6 Å². The zero-order valence-electron chi connectivity index (χ0n) is 21.9. The Morgan fingerprint density at radius 3 is 2.74 bits per heavy atom. The molecule has 1 aromatic carbocycles. The van der Waals surface area contributed by atoms with Crippen LogP contribution in [0.15, 0.2) is 29.4 Å². The highest BCUT2D eigenvalue weighted by Crippen LogP contribution is 2.33. The van der Waals surface area contributed by atoms with Gasteiger partial charge in [-0.2, -0.15) is 0 Å². The summed E-state index contributed by atoms with van der Waals surface area (Å²) in [5, 5.41) is 22.2. The second-order valence-electron chi connectivity index (χ2n) is 10.2. The molecule has 1 saturated carbocycles. The number of nitrogens with one attached hydrogen (secondary N) is 3. The highest BCUT2D eigenvalue weighted by molar-refractivity contribution is 6.02. The fraction of sp³-hybridized carbons (Fsp3) is 0.481. The van der Waals surface area contributed by atoms with Gasteiger partial charge in [-0.25, -0.2) is 9.97 Å². The molecule has 1 fully saturated rings. The van der Waals surface area contributed by atoms with Crippen LogP contribution >= 0.6 is 0 Å². The van der Waals surface area contributed by atoms with Gasteiger partial charge in [-0.1, -0.05) is 11.2 Å². The Morgan fingerprint density at radius 1 is 1.18 bits per heavy atom. The summed E-state index contributed by atoms with van der Waals surface area (Å²) in [6, 6.07) is 7.03. The van der Waals surface area contributed by atoms with Gasteiger partial charge in [-0.05, 0) is 69.2 Å². The number of aromatic nitrogens is 2. The molecule has 0 saturated heterocycles. The lowest BCUT2D eigenvalue weighted by Gasteiger charge is -2.31. The molecule has 0 bridgehead atoms. The smallest absolute Gasteiger partial charge is 0.270 e. The van der Waals surface area contributed by atoms with E-state index in [-0.39, 0.29) is 48.7 Å². The molecule has 1 aliphatic carbocycles. The minimum Gasteiger partial charge on any atom is -0.482 e. The molecule has 2 aliphatic heterocycles. The number of oxime groups is 1. The molecule has 3 amide bonds. The molecule has 0 spiro atoms. The van der Waals surface area contributed by atoms with Crippen molar-refractivity contribution >= 4 is 29.1 Å². The summed E-state index contributed by atoms with van der Waals surface area (Å²) >= 11 is 0. The molecule has 1 aromatic heterocycles. The largest absolute Gasteiger partial charge is 0.482 e. The second-order valence-corrected chi connectivity index (χ2v) is 10.2. The standard InChI is InChI=1S/C27H32N6O6/c1-14(34)26(36)31-18-6-4-17(5-7-18)24-11-20(33-39-24)19-10-22(30-15(2)29-19)27(37)28-12-16-3-8-23-21(9-16)32-25(35)13-38-23/h3,8-10,14,17-18,24,34H,4-7,11-13H2,1-2H3,(H,28,37)(H,31,36)(H,32,35)/t14-,17?,18?,24?/m0/s1. The van der Waals surface area contributed by atoms with E-state index in [1.54, 1.807) is 25.1 Å². The summed E-state index contributed by atoms with van der Waals surface area (Å²) in [6.07, 6.45) is 2.88. The molecule has 2 atom stereocenters. The first-order valence-corrected chi connectivity index (χ1v) is 13.2. The third kappa shape index (κ3) is 6.33. The molecule has 0 radical (unpaired) electrons. The van der Waals surface area contributed by atoms with Crippen molar-refractivity contribution in [2.75, 3.05) is 11.9 Å². The van der Waals surface area contributed by atoms with E-state index >= 15 is 0 Å². The van der Waals surface area contributed by atoms with Crippen LogP contribution in [0.2, 0.25) is 0 Å². The van der Waals surface area contributed by atoms with Gasteiger partial charge in [0.15, 0.2) is 6.61 Å². The third-order valence-electron chi connectivity index (χ3n) is 7.21. The van der Waals surface area contributed by atoms with E-state index in [1.807, 2.05) is 6.07 Å². The zero-order valence-corrected chi connectivity index (χ0v) is 21.9. The van der Waals surface area contributed by atoms with Crippen molar-refractivity contribution < 1.29 is 29.1 Å². The van der Waals surface area contributed by atoms with Crippen LogP contribution in [-0.4, -0.2) is 63.4 Å². The van der Waals surface area contributed by atoms with Crippen molar-refractivity contribution in [3.05, 3.63) is 47.0 Å². The molecule has 4 N–H and O–H groups in total. The van der Waals surface area contributed by atoms with Crippen LogP contribution in [-0.2, 0) is 21.0 Å². The molecular formula is C27H32N6O6. The molecule has 2 aromatic rings. The van der Waals surface area contributed by atoms with Crippen LogP contribution in [0.3, 0.4) is 0 Å². The maximum Gasteiger partial charge on any atom is 0.270 e. The van der Waals surface area contributed by atoms with Crippen LogP contribution in [0.25, 0.3) is 0 Å². The number of nitrogens with zero attached hydrogens (tertiary/aromatic N) is 3. The van der Waals surface area contributed by atoms with Crippen molar-refractivity contribution in [2.24, 2.45) is 11.1 Å². The molecule has 12 nitrogen and oxygen atoms in total. The Kier molecular flexibility index (Phi) is 7.73. The summed E-state index contributed by atoms with van der Waals surface area (Å²) in [4.78, 5) is 50.8. The van der Waals surface area contributed by atoms with E-state index in [2.05, 4.69) is 31.1 Å². The van der Waals surface area contributed by atoms with E-state index < -0.39 is 6.10 Å². The molecular weight excluding hydrogens is 504 g/mol.